The molecular formula is C35H29N13O6S2. The van der Waals surface area contributed by atoms with Crippen molar-refractivity contribution in [3.63, 3.8) is 0 Å². The highest BCUT2D eigenvalue weighted by Gasteiger charge is 2.24. The third-order valence-corrected chi connectivity index (χ3v) is 10.6. The molecule has 0 radical (unpaired) electrons. The maximum absolute atomic E-state index is 12.1. The van der Waals surface area contributed by atoms with Gasteiger partial charge in [-0.25, -0.2) is 0 Å². The Morgan fingerprint density at radius 1 is 0.536 bits per heavy atom. The molecule has 0 aliphatic carbocycles. The van der Waals surface area contributed by atoms with Crippen molar-refractivity contribution in [3.05, 3.63) is 116 Å². The van der Waals surface area contributed by atoms with E-state index in [9.17, 15) is 16.8 Å². The van der Waals surface area contributed by atoms with Crippen molar-refractivity contribution in [1.29, 1.82) is 0 Å². The minimum atomic E-state index is -3.89. The summed E-state index contributed by atoms with van der Waals surface area (Å²) in [4.78, 5) is 13.1. The Hall–Kier alpha value is -7.07. The van der Waals surface area contributed by atoms with Gasteiger partial charge in [-0.15, -0.1) is 10.2 Å². The monoisotopic (exact) mass is 791 g/mol. The van der Waals surface area contributed by atoms with E-state index in [1.165, 1.54) is 64.2 Å². The van der Waals surface area contributed by atoms with Gasteiger partial charge >= 0.3 is 0 Å². The zero-order chi connectivity index (χ0) is 39.5. The fraction of sp³-hybridized carbons (Fsp3) is 0.0571. The zero-order valence-corrected chi connectivity index (χ0v) is 30.9. The Bertz CT molecular complexity index is 2620. The SMILES string of the molecule is COS(=O)(=O)c1ccc(N=Nc2c(-c3ccccc3)nn(-c3ncnc(-n4nc(-c5ccccc5)c(N=Nc5ccc(S(=O)(=O)OC)cc5)c4N)n3)c2N)cc1. The summed E-state index contributed by atoms with van der Waals surface area (Å²) in [5.74, 6) is 0.0393. The van der Waals surface area contributed by atoms with Crippen molar-refractivity contribution in [2.75, 3.05) is 25.7 Å². The topological polar surface area (TPSA) is 263 Å². The van der Waals surface area contributed by atoms with Crippen LogP contribution < -0.4 is 11.5 Å². The smallest absolute Gasteiger partial charge is 0.296 e. The van der Waals surface area contributed by atoms with Crippen LogP contribution in [0.2, 0.25) is 0 Å². The second-order valence-electron chi connectivity index (χ2n) is 11.4. The molecule has 3 heterocycles. The number of hydrogen-bond acceptors (Lipinski definition) is 17. The summed E-state index contributed by atoms with van der Waals surface area (Å²) in [5, 5.41) is 26.7. The summed E-state index contributed by atoms with van der Waals surface area (Å²) >= 11 is 0. The first kappa shape index (κ1) is 37.3. The van der Waals surface area contributed by atoms with Gasteiger partial charge in [0.15, 0.2) is 23.0 Å². The molecule has 0 fully saturated rings. The minimum Gasteiger partial charge on any atom is -0.382 e. The van der Waals surface area contributed by atoms with Crippen LogP contribution in [0.4, 0.5) is 34.4 Å². The number of anilines is 2. The van der Waals surface area contributed by atoms with Crippen molar-refractivity contribution in [2.24, 2.45) is 20.5 Å². The lowest BCUT2D eigenvalue weighted by atomic mass is 10.1. The van der Waals surface area contributed by atoms with Gasteiger partial charge in [0.05, 0.1) is 35.4 Å². The molecule has 19 nitrogen and oxygen atoms in total. The molecule has 4 aromatic carbocycles. The molecule has 0 saturated heterocycles. The van der Waals surface area contributed by atoms with Gasteiger partial charge in [-0.3, -0.25) is 8.37 Å². The number of nitrogens with zero attached hydrogens (tertiary/aromatic N) is 11. The summed E-state index contributed by atoms with van der Waals surface area (Å²) in [7, 11) is -5.63. The molecule has 0 amide bonds. The zero-order valence-electron chi connectivity index (χ0n) is 29.3. The molecule has 0 spiro atoms. The third kappa shape index (κ3) is 7.50. The summed E-state index contributed by atoms with van der Waals surface area (Å²) < 4.78 is 59.9. The van der Waals surface area contributed by atoms with Gasteiger partial charge in [0.2, 0.25) is 0 Å². The highest BCUT2D eigenvalue weighted by Crippen LogP contribution is 2.39. The summed E-state index contributed by atoms with van der Waals surface area (Å²) in [6, 6.07) is 29.5. The van der Waals surface area contributed by atoms with Crippen molar-refractivity contribution < 1.29 is 25.2 Å². The Balaban J connectivity index is 1.28. The Morgan fingerprint density at radius 3 is 1.27 bits per heavy atom. The number of hydrogen-bond donors (Lipinski definition) is 2. The average molecular weight is 792 g/mol. The van der Waals surface area contributed by atoms with Gasteiger partial charge in [-0.2, -0.15) is 61.6 Å². The van der Waals surface area contributed by atoms with Crippen LogP contribution in [0.1, 0.15) is 0 Å². The first-order chi connectivity index (χ1) is 27.0. The number of nitrogens with two attached hydrogens (primary N) is 2. The third-order valence-electron chi connectivity index (χ3n) is 8.03. The maximum Gasteiger partial charge on any atom is 0.296 e. The van der Waals surface area contributed by atoms with E-state index < -0.39 is 20.2 Å². The van der Waals surface area contributed by atoms with E-state index in [-0.39, 0.29) is 44.7 Å². The molecule has 282 valence electrons. The van der Waals surface area contributed by atoms with Gasteiger partial charge < -0.3 is 11.5 Å². The molecule has 3 aromatic heterocycles. The molecule has 4 N–H and O–H groups in total. The number of aromatic nitrogens is 7. The number of rotatable bonds is 12. The number of nitrogen functional groups attached to an aromatic ring is 2. The quantitative estimate of drug-likeness (QED) is 0.103. The molecular weight excluding hydrogens is 763 g/mol. The fourth-order valence-corrected chi connectivity index (χ4v) is 6.50. The van der Waals surface area contributed by atoms with E-state index in [4.69, 9.17) is 11.5 Å². The molecule has 7 rings (SSSR count). The van der Waals surface area contributed by atoms with E-state index in [1.54, 1.807) is 0 Å². The Morgan fingerprint density at radius 2 is 0.911 bits per heavy atom. The second-order valence-corrected chi connectivity index (χ2v) is 14.9. The van der Waals surface area contributed by atoms with Crippen LogP contribution in [0.5, 0.6) is 0 Å². The highest BCUT2D eigenvalue weighted by molar-refractivity contribution is 7.87. The van der Waals surface area contributed by atoms with Crippen LogP contribution in [0.25, 0.3) is 34.4 Å². The van der Waals surface area contributed by atoms with Crippen LogP contribution in [0, 0.1) is 0 Å². The van der Waals surface area contributed by atoms with E-state index >= 15 is 0 Å². The first-order valence-electron chi connectivity index (χ1n) is 16.2. The number of benzene rings is 4. The lowest BCUT2D eigenvalue weighted by Crippen LogP contribution is -2.12. The molecule has 0 unspecified atom stereocenters. The predicted octanol–water partition coefficient (Wildman–Crippen LogP) is 6.24. The van der Waals surface area contributed by atoms with Gasteiger partial charge in [0, 0.05) is 11.1 Å². The maximum atomic E-state index is 12.1. The molecule has 0 atom stereocenters. The normalized spacial score (nSPS) is 12.2. The largest absolute Gasteiger partial charge is 0.382 e. The number of azo groups is 2. The van der Waals surface area contributed by atoms with Crippen LogP contribution in [-0.4, -0.2) is 65.6 Å². The fourth-order valence-electron chi connectivity index (χ4n) is 5.18. The Labute approximate surface area is 319 Å². The predicted molar refractivity (Wildman–Crippen MR) is 203 cm³/mol. The second kappa shape index (κ2) is 15.3. The molecule has 56 heavy (non-hydrogen) atoms. The minimum absolute atomic E-state index is 0.00862. The highest BCUT2D eigenvalue weighted by atomic mass is 32.2. The van der Waals surface area contributed by atoms with Crippen LogP contribution in [0.3, 0.4) is 0 Å². The van der Waals surface area contributed by atoms with Crippen molar-refractivity contribution >= 4 is 54.6 Å². The van der Waals surface area contributed by atoms with Gasteiger partial charge in [-0.1, -0.05) is 60.7 Å². The summed E-state index contributed by atoms with van der Waals surface area (Å²) in [6.07, 6.45) is 1.23. The molecule has 7 aromatic rings. The molecule has 0 aliphatic rings. The van der Waals surface area contributed by atoms with Crippen LogP contribution in [-0.2, 0) is 28.6 Å². The molecule has 0 aliphatic heterocycles. The first-order valence-corrected chi connectivity index (χ1v) is 19.0. The van der Waals surface area contributed by atoms with Crippen molar-refractivity contribution in [3.8, 4) is 34.4 Å². The molecule has 21 heteroatoms. The van der Waals surface area contributed by atoms with Crippen LogP contribution >= 0.6 is 0 Å². The van der Waals surface area contributed by atoms with E-state index in [1.807, 2.05) is 60.7 Å². The average Bonchev–Trinajstić information content (AvgIpc) is 3.75. The summed E-state index contributed by atoms with van der Waals surface area (Å²) in [5.41, 5.74) is 16.3. The van der Waals surface area contributed by atoms with Gasteiger partial charge in [-0.05, 0) is 48.5 Å². The van der Waals surface area contributed by atoms with Crippen LogP contribution in [0.15, 0.2) is 146 Å². The molecule has 0 bridgehead atoms. The van der Waals surface area contributed by atoms with E-state index in [0.29, 0.717) is 33.9 Å². The summed E-state index contributed by atoms with van der Waals surface area (Å²) in [6.45, 7) is 0. The van der Waals surface area contributed by atoms with Gasteiger partial charge in [0.1, 0.15) is 17.7 Å². The lowest BCUT2D eigenvalue weighted by Gasteiger charge is -2.05. The van der Waals surface area contributed by atoms with Crippen molar-refractivity contribution in [2.45, 2.75) is 9.79 Å². The van der Waals surface area contributed by atoms with E-state index in [2.05, 4.69) is 54.0 Å². The Kier molecular flexibility index (Phi) is 10.2. The molecule has 0 saturated carbocycles. The van der Waals surface area contributed by atoms with E-state index in [0.717, 1.165) is 14.2 Å². The standard InChI is InChI=1S/C35H29N13O6S2/c1-53-55(49,50)26-17-13-24(14-18-26)41-43-30-28(22-9-5-3-6-10-22)45-47(32(30)36)34-38-21-39-35(40-34)48-33(37)31(29(46-48)23-11-7-4-8-12-23)44-42-25-15-19-27(20-16-25)56(51,52)54-2/h3-21H,36-37H2,1-2H3. The van der Waals surface area contributed by atoms with Crippen molar-refractivity contribution in [1.82, 2.24) is 34.5 Å². The van der Waals surface area contributed by atoms with Gasteiger partial charge in [0.25, 0.3) is 32.1 Å². The lowest BCUT2D eigenvalue weighted by molar-refractivity contribution is 0.396.